The highest BCUT2D eigenvalue weighted by Gasteiger charge is 2.32. The minimum absolute atomic E-state index is 0.00225. The number of hydrogen-bond acceptors (Lipinski definition) is 5. The number of rotatable bonds is 15. The number of carbonyl (C=O) groups is 2. The molecule has 3 aromatic rings. The van der Waals surface area contributed by atoms with Gasteiger partial charge in [0.25, 0.3) is 0 Å². The first kappa shape index (κ1) is 37.0. The second-order valence-corrected chi connectivity index (χ2v) is 14.2. The van der Waals surface area contributed by atoms with Crippen LogP contribution in [0.15, 0.2) is 18.2 Å². The minimum Gasteiger partial charge on any atom is -0.481 e. The van der Waals surface area contributed by atoms with Gasteiger partial charge in [-0.1, -0.05) is 59.3 Å². The summed E-state index contributed by atoms with van der Waals surface area (Å²) in [5.74, 6) is -2.12. The molecular weight excluding hydrogens is 626 g/mol. The van der Waals surface area contributed by atoms with Crippen LogP contribution in [0, 0.1) is 20.8 Å². The standard InChI is InChI=1S/C41H55N5O4/c1-8-10-11-12-13-14-15-18-42-22-30-25(5)31-19-33-24(4)29(16-17-37(47)48)39(45-33)27(7)40-38(41(49)50)26(6)34(46-40)21-35-28(9-2)23(3)32(43-35)20-36(30)44-31/h19-21,24,29,42,44,46H,8-18,22H2,1-7H3,(H,47,48)(H,49,50)/t24-,29-/m0/s1. The Hall–Kier alpha value is -4.24. The van der Waals surface area contributed by atoms with Gasteiger partial charge in [-0.05, 0) is 105 Å². The largest absolute Gasteiger partial charge is 0.481 e. The molecule has 0 radical (unpaired) electrons. The molecule has 8 bridgehead atoms. The van der Waals surface area contributed by atoms with Gasteiger partial charge in [0.05, 0.1) is 22.5 Å². The lowest BCUT2D eigenvalue weighted by atomic mass is 9.86. The van der Waals surface area contributed by atoms with Crippen LogP contribution in [-0.2, 0) is 11.3 Å². The average Bonchev–Trinajstić information content (AvgIpc) is 3.76. The molecular formula is C41H55N5O4. The number of nitrogens with zero attached hydrogens (tertiary/aromatic N) is 2. The second-order valence-electron chi connectivity index (χ2n) is 14.2. The molecule has 0 fully saturated rings. The van der Waals surface area contributed by atoms with Crippen LogP contribution in [0.25, 0.3) is 33.2 Å². The van der Waals surface area contributed by atoms with E-state index in [0.717, 1.165) is 82.0 Å². The lowest BCUT2D eigenvalue weighted by molar-refractivity contribution is -0.137. The first-order chi connectivity index (χ1) is 24.0. The fourth-order valence-corrected chi connectivity index (χ4v) is 7.74. The second kappa shape index (κ2) is 16.2. The Kier molecular flexibility index (Phi) is 12.0. The van der Waals surface area contributed by atoms with Crippen molar-refractivity contribution in [2.75, 3.05) is 6.54 Å². The zero-order valence-corrected chi connectivity index (χ0v) is 31.0. The molecule has 9 nitrogen and oxygen atoms in total. The molecule has 3 aromatic heterocycles. The summed E-state index contributed by atoms with van der Waals surface area (Å²) in [6, 6.07) is 6.21. The Morgan fingerprint density at radius 2 is 1.50 bits per heavy atom. The van der Waals surface area contributed by atoms with Crippen molar-refractivity contribution in [3.63, 3.8) is 0 Å². The van der Waals surface area contributed by atoms with E-state index in [1.807, 2.05) is 19.9 Å². The molecule has 50 heavy (non-hydrogen) atoms. The van der Waals surface area contributed by atoms with Crippen molar-refractivity contribution < 1.29 is 19.8 Å². The smallest absolute Gasteiger partial charge is 0.338 e. The number of aromatic amines is 2. The number of aryl methyl sites for hydroxylation is 3. The van der Waals surface area contributed by atoms with Crippen molar-refractivity contribution >= 4 is 45.2 Å². The van der Waals surface area contributed by atoms with Crippen molar-refractivity contribution in [2.45, 2.75) is 131 Å². The van der Waals surface area contributed by atoms with Crippen LogP contribution < -0.4 is 5.32 Å². The molecule has 5 rings (SSSR count). The number of fused-ring (bicyclic) bond motifs is 8. The van der Waals surface area contributed by atoms with Crippen LogP contribution in [-0.4, -0.2) is 48.6 Å². The monoisotopic (exact) mass is 681 g/mol. The highest BCUT2D eigenvalue weighted by Crippen LogP contribution is 2.42. The van der Waals surface area contributed by atoms with Gasteiger partial charge in [-0.3, -0.25) is 9.78 Å². The van der Waals surface area contributed by atoms with E-state index < -0.39 is 11.9 Å². The van der Waals surface area contributed by atoms with Crippen LogP contribution in [0.1, 0.15) is 159 Å². The number of carboxylic acid groups (broad SMARTS) is 2. The van der Waals surface area contributed by atoms with Crippen LogP contribution in [0.4, 0.5) is 0 Å². The van der Waals surface area contributed by atoms with E-state index in [1.54, 1.807) is 0 Å². The highest BCUT2D eigenvalue weighted by molar-refractivity contribution is 6.02. The van der Waals surface area contributed by atoms with Gasteiger partial charge in [-0.2, -0.15) is 0 Å². The molecule has 5 heterocycles. The molecule has 0 amide bonds. The Morgan fingerprint density at radius 1 is 0.820 bits per heavy atom. The zero-order chi connectivity index (χ0) is 36.1. The normalized spacial score (nSPS) is 16.0. The third-order valence-corrected chi connectivity index (χ3v) is 10.9. The molecule has 0 saturated heterocycles. The van der Waals surface area contributed by atoms with Crippen molar-refractivity contribution in [1.29, 1.82) is 0 Å². The van der Waals surface area contributed by atoms with Gasteiger partial charge in [-0.25, -0.2) is 9.78 Å². The molecule has 2 atom stereocenters. The molecule has 0 unspecified atom stereocenters. The SMILES string of the molecule is CCCCCCCCCNCc1c(C)c2cc3nc(c(C)c4[nH]c(cc5nc(cc1[nH]2)C(C)=C5CC)c(C)c4C(=O)O)[C@@H](CCC(=O)O)[C@@H]3C. The number of carboxylic acids is 2. The highest BCUT2D eigenvalue weighted by atomic mass is 16.4. The third-order valence-electron chi connectivity index (χ3n) is 10.9. The van der Waals surface area contributed by atoms with Crippen molar-refractivity contribution in [3.8, 4) is 0 Å². The first-order valence-electron chi connectivity index (χ1n) is 18.6. The summed E-state index contributed by atoms with van der Waals surface area (Å²) in [7, 11) is 0. The summed E-state index contributed by atoms with van der Waals surface area (Å²) >= 11 is 0. The summed E-state index contributed by atoms with van der Waals surface area (Å²) in [4.78, 5) is 41.8. The average molecular weight is 682 g/mol. The van der Waals surface area contributed by atoms with Crippen molar-refractivity contribution in [3.05, 3.63) is 68.8 Å². The maximum Gasteiger partial charge on any atom is 0.338 e. The van der Waals surface area contributed by atoms with Crippen LogP contribution in [0.2, 0.25) is 0 Å². The molecule has 9 heteroatoms. The number of unbranched alkanes of at least 4 members (excludes halogenated alkanes) is 6. The minimum atomic E-state index is -1.02. The molecule has 5 N–H and O–H groups in total. The van der Waals surface area contributed by atoms with Crippen LogP contribution in [0.3, 0.4) is 0 Å². The Labute approximate surface area is 296 Å². The van der Waals surface area contributed by atoms with Gasteiger partial charge in [0.2, 0.25) is 0 Å². The van der Waals surface area contributed by atoms with E-state index in [0.29, 0.717) is 23.0 Å². The van der Waals surface area contributed by atoms with E-state index in [2.05, 4.69) is 62.0 Å². The summed E-state index contributed by atoms with van der Waals surface area (Å²) in [5, 5.41) is 23.7. The van der Waals surface area contributed by atoms with Gasteiger partial charge in [0.1, 0.15) is 0 Å². The predicted molar refractivity (Wildman–Crippen MR) is 203 cm³/mol. The Bertz CT molecular complexity index is 1950. The number of allylic oxidation sites excluding steroid dienone is 2. The topological polar surface area (TPSA) is 144 Å². The van der Waals surface area contributed by atoms with Crippen LogP contribution >= 0.6 is 0 Å². The molecule has 0 saturated carbocycles. The lowest BCUT2D eigenvalue weighted by Gasteiger charge is -2.16. The number of aliphatic carboxylic acids is 1. The van der Waals surface area contributed by atoms with Gasteiger partial charge in [-0.15, -0.1) is 0 Å². The zero-order valence-electron chi connectivity index (χ0n) is 31.0. The van der Waals surface area contributed by atoms with Gasteiger partial charge in [0, 0.05) is 52.7 Å². The van der Waals surface area contributed by atoms with E-state index in [9.17, 15) is 19.8 Å². The number of aromatic carboxylic acids is 1. The fraction of sp³-hybridized carbons (Fsp3) is 0.512. The Morgan fingerprint density at radius 3 is 2.18 bits per heavy atom. The summed E-state index contributed by atoms with van der Waals surface area (Å²) in [6.45, 7) is 16.1. The van der Waals surface area contributed by atoms with E-state index in [1.165, 1.54) is 44.1 Å². The lowest BCUT2D eigenvalue weighted by Crippen LogP contribution is -2.15. The molecule has 268 valence electrons. The number of aromatic nitrogens is 4. The third kappa shape index (κ3) is 7.73. The summed E-state index contributed by atoms with van der Waals surface area (Å²) in [5.41, 5.74) is 12.6. The van der Waals surface area contributed by atoms with E-state index >= 15 is 0 Å². The summed E-state index contributed by atoms with van der Waals surface area (Å²) in [6.07, 6.45) is 10.1. The predicted octanol–water partition coefficient (Wildman–Crippen LogP) is 9.87. The quantitative estimate of drug-likeness (QED) is 0.100. The number of nitrogens with one attached hydrogen (secondary N) is 3. The first-order valence-corrected chi connectivity index (χ1v) is 18.6. The van der Waals surface area contributed by atoms with Crippen LogP contribution in [0.5, 0.6) is 0 Å². The number of hydrogen-bond donors (Lipinski definition) is 5. The van der Waals surface area contributed by atoms with Gasteiger partial charge < -0.3 is 25.5 Å². The molecule has 2 aliphatic rings. The van der Waals surface area contributed by atoms with Crippen molar-refractivity contribution in [1.82, 2.24) is 25.3 Å². The molecule has 0 aromatic carbocycles. The van der Waals surface area contributed by atoms with Gasteiger partial charge >= 0.3 is 11.9 Å². The Balaban J connectivity index is 1.71. The van der Waals surface area contributed by atoms with Crippen molar-refractivity contribution in [2.24, 2.45) is 0 Å². The fourth-order valence-electron chi connectivity index (χ4n) is 7.74. The van der Waals surface area contributed by atoms with E-state index in [4.69, 9.17) is 9.97 Å². The molecule has 2 aliphatic heterocycles. The van der Waals surface area contributed by atoms with E-state index in [-0.39, 0.29) is 23.8 Å². The maximum absolute atomic E-state index is 12.7. The molecule has 0 spiro atoms. The number of H-pyrrole nitrogens is 2. The molecule has 0 aliphatic carbocycles. The summed E-state index contributed by atoms with van der Waals surface area (Å²) < 4.78 is 0. The van der Waals surface area contributed by atoms with Gasteiger partial charge in [0.15, 0.2) is 0 Å². The maximum atomic E-state index is 12.7.